The molecule has 1 N–H and O–H groups in total. The summed E-state index contributed by atoms with van der Waals surface area (Å²) < 4.78 is 5.58. The minimum atomic E-state index is -0.468. The van der Waals surface area contributed by atoms with Crippen LogP contribution < -0.4 is 0 Å². The van der Waals surface area contributed by atoms with Crippen molar-refractivity contribution < 1.29 is 9.84 Å². The molecule has 1 saturated heterocycles. The van der Waals surface area contributed by atoms with Crippen LogP contribution in [0.2, 0.25) is 5.02 Å². The zero-order valence-electron chi connectivity index (χ0n) is 8.65. The first-order valence-corrected chi connectivity index (χ1v) is 6.52. The lowest BCUT2D eigenvalue weighted by atomic mass is 9.92. The van der Waals surface area contributed by atoms with Gasteiger partial charge >= 0.3 is 0 Å². The summed E-state index contributed by atoms with van der Waals surface area (Å²) in [6.07, 6.45) is 1.58. The molecule has 3 atom stereocenters. The summed E-state index contributed by atoms with van der Waals surface area (Å²) in [5, 5.41) is 12.8. The van der Waals surface area contributed by atoms with Crippen molar-refractivity contribution in [3.63, 3.8) is 0 Å². The normalized spacial score (nSPS) is 28.2. The van der Waals surface area contributed by atoms with E-state index >= 15 is 0 Å². The van der Waals surface area contributed by atoms with Crippen molar-refractivity contribution in [2.45, 2.75) is 32.0 Å². The van der Waals surface area contributed by atoms with Crippen LogP contribution in [-0.4, -0.2) is 17.8 Å². The first-order chi connectivity index (χ1) is 7.24. The van der Waals surface area contributed by atoms with E-state index in [9.17, 15) is 5.11 Å². The zero-order chi connectivity index (χ0) is 10.8. The maximum Gasteiger partial charge on any atom is 0.0950 e. The molecule has 1 aromatic rings. The predicted molar refractivity (Wildman–Crippen MR) is 62.4 cm³/mol. The Morgan fingerprint density at radius 1 is 1.73 bits per heavy atom. The molecule has 0 saturated carbocycles. The van der Waals surface area contributed by atoms with E-state index in [4.69, 9.17) is 16.3 Å². The maximum atomic E-state index is 10.2. The number of hydrogen-bond acceptors (Lipinski definition) is 3. The molecule has 2 rings (SSSR count). The Bertz CT molecular complexity index is 326. The van der Waals surface area contributed by atoms with Crippen LogP contribution in [-0.2, 0) is 4.74 Å². The minimum absolute atomic E-state index is 0.179. The Kier molecular flexibility index (Phi) is 3.67. The first-order valence-electron chi connectivity index (χ1n) is 5.26. The van der Waals surface area contributed by atoms with Gasteiger partial charge in [-0.1, -0.05) is 18.5 Å². The molecule has 0 bridgehead atoms. The zero-order valence-corrected chi connectivity index (χ0v) is 10.2. The van der Waals surface area contributed by atoms with E-state index in [0.717, 1.165) is 24.3 Å². The molecule has 1 aliphatic heterocycles. The summed E-state index contributed by atoms with van der Waals surface area (Å²) in [6.45, 7) is 2.84. The average molecular weight is 247 g/mol. The number of rotatable bonds is 3. The Labute approximate surface area is 98.8 Å². The Hall–Kier alpha value is -0.0900. The molecule has 1 fully saturated rings. The molecule has 0 radical (unpaired) electrons. The molecule has 0 amide bonds. The van der Waals surface area contributed by atoms with E-state index in [1.165, 1.54) is 11.3 Å². The van der Waals surface area contributed by atoms with Crippen molar-refractivity contribution in [3.8, 4) is 0 Å². The largest absolute Gasteiger partial charge is 0.387 e. The van der Waals surface area contributed by atoms with Crippen LogP contribution in [0.25, 0.3) is 0 Å². The number of halogens is 1. The fraction of sp³-hybridized carbons (Fsp3) is 0.636. The Morgan fingerprint density at radius 2 is 2.53 bits per heavy atom. The average Bonchev–Trinajstić information content (AvgIpc) is 2.84. The first kappa shape index (κ1) is 11.4. The third-order valence-electron chi connectivity index (χ3n) is 2.98. The summed E-state index contributed by atoms with van der Waals surface area (Å²) in [5.74, 6) is 0.200. The monoisotopic (exact) mass is 246 g/mol. The second kappa shape index (κ2) is 4.83. The highest BCUT2D eigenvalue weighted by atomic mass is 35.5. The summed E-state index contributed by atoms with van der Waals surface area (Å²) in [7, 11) is 0. The molecule has 84 valence electrons. The smallest absolute Gasteiger partial charge is 0.0950 e. The van der Waals surface area contributed by atoms with Crippen LogP contribution >= 0.6 is 22.9 Å². The molecular weight excluding hydrogens is 232 g/mol. The quantitative estimate of drug-likeness (QED) is 0.887. The number of aliphatic hydroxyl groups is 1. The highest BCUT2D eigenvalue weighted by molar-refractivity contribution is 7.10. The molecular formula is C11H15ClO2S. The van der Waals surface area contributed by atoms with Gasteiger partial charge in [-0.15, -0.1) is 11.3 Å². The van der Waals surface area contributed by atoms with Gasteiger partial charge in [-0.25, -0.2) is 0 Å². The molecule has 0 spiro atoms. The van der Waals surface area contributed by atoms with Crippen LogP contribution in [0, 0.1) is 5.92 Å². The standard InChI is InChI=1S/C11H15ClO2S/c1-2-9-7(3-5-14-9)10(13)11-8(12)4-6-15-11/h4,6-7,9-10,13H,2-3,5H2,1H3. The second-order valence-electron chi connectivity index (χ2n) is 3.85. The fourth-order valence-corrected chi connectivity index (χ4v) is 3.39. The topological polar surface area (TPSA) is 29.5 Å². The van der Waals surface area contributed by atoms with Gasteiger partial charge in [-0.3, -0.25) is 0 Å². The van der Waals surface area contributed by atoms with E-state index in [2.05, 4.69) is 6.92 Å². The van der Waals surface area contributed by atoms with Gasteiger partial charge in [0.1, 0.15) is 0 Å². The molecule has 1 aliphatic rings. The van der Waals surface area contributed by atoms with Crippen LogP contribution in [0.1, 0.15) is 30.7 Å². The number of ether oxygens (including phenoxy) is 1. The molecule has 0 aliphatic carbocycles. The molecule has 1 aromatic heterocycles. The second-order valence-corrected chi connectivity index (χ2v) is 5.20. The Morgan fingerprint density at radius 3 is 3.13 bits per heavy atom. The Balaban J connectivity index is 2.13. The lowest BCUT2D eigenvalue weighted by Gasteiger charge is -2.22. The highest BCUT2D eigenvalue weighted by Crippen LogP contribution is 2.39. The van der Waals surface area contributed by atoms with Crippen LogP contribution in [0.3, 0.4) is 0 Å². The van der Waals surface area contributed by atoms with Crippen molar-refractivity contribution in [3.05, 3.63) is 21.3 Å². The summed E-state index contributed by atoms with van der Waals surface area (Å²) in [5.41, 5.74) is 0. The SMILES string of the molecule is CCC1OCCC1C(O)c1sccc1Cl. The van der Waals surface area contributed by atoms with Gasteiger partial charge in [0, 0.05) is 12.5 Å². The maximum absolute atomic E-state index is 10.2. The number of thiophene rings is 1. The van der Waals surface area contributed by atoms with Gasteiger partial charge in [0.05, 0.1) is 22.1 Å². The number of aliphatic hydroxyl groups excluding tert-OH is 1. The van der Waals surface area contributed by atoms with Crippen molar-refractivity contribution in [1.29, 1.82) is 0 Å². The van der Waals surface area contributed by atoms with Gasteiger partial charge < -0.3 is 9.84 Å². The van der Waals surface area contributed by atoms with Gasteiger partial charge in [0.15, 0.2) is 0 Å². The lowest BCUT2D eigenvalue weighted by molar-refractivity contribution is 0.0323. The molecule has 2 nitrogen and oxygen atoms in total. The predicted octanol–water partition coefficient (Wildman–Crippen LogP) is 3.25. The van der Waals surface area contributed by atoms with Crippen molar-refractivity contribution in [1.82, 2.24) is 0 Å². The highest BCUT2D eigenvalue weighted by Gasteiger charge is 2.34. The van der Waals surface area contributed by atoms with Crippen LogP contribution in [0.15, 0.2) is 11.4 Å². The van der Waals surface area contributed by atoms with Crippen molar-refractivity contribution >= 4 is 22.9 Å². The summed E-state index contributed by atoms with van der Waals surface area (Å²) >= 11 is 7.53. The molecule has 0 aromatic carbocycles. The van der Waals surface area contributed by atoms with Gasteiger partial charge in [0.25, 0.3) is 0 Å². The summed E-state index contributed by atoms with van der Waals surface area (Å²) in [6, 6.07) is 1.83. The summed E-state index contributed by atoms with van der Waals surface area (Å²) in [4.78, 5) is 0.880. The lowest BCUT2D eigenvalue weighted by Crippen LogP contribution is -2.21. The molecule has 15 heavy (non-hydrogen) atoms. The number of hydrogen-bond donors (Lipinski definition) is 1. The molecule has 4 heteroatoms. The van der Waals surface area contributed by atoms with Crippen molar-refractivity contribution in [2.24, 2.45) is 5.92 Å². The third-order valence-corrected chi connectivity index (χ3v) is 4.41. The van der Waals surface area contributed by atoms with Crippen molar-refractivity contribution in [2.75, 3.05) is 6.61 Å². The van der Waals surface area contributed by atoms with Crippen LogP contribution in [0.4, 0.5) is 0 Å². The van der Waals surface area contributed by atoms with E-state index in [1.54, 1.807) is 0 Å². The van der Waals surface area contributed by atoms with Gasteiger partial charge in [-0.2, -0.15) is 0 Å². The van der Waals surface area contributed by atoms with Gasteiger partial charge in [0.2, 0.25) is 0 Å². The molecule has 2 heterocycles. The fourth-order valence-electron chi connectivity index (χ4n) is 2.16. The minimum Gasteiger partial charge on any atom is -0.387 e. The molecule has 3 unspecified atom stereocenters. The van der Waals surface area contributed by atoms with E-state index in [0.29, 0.717) is 5.02 Å². The van der Waals surface area contributed by atoms with E-state index in [1.807, 2.05) is 11.4 Å². The van der Waals surface area contributed by atoms with E-state index in [-0.39, 0.29) is 12.0 Å². The van der Waals surface area contributed by atoms with Gasteiger partial charge in [-0.05, 0) is 24.3 Å². The van der Waals surface area contributed by atoms with E-state index < -0.39 is 6.10 Å². The van der Waals surface area contributed by atoms with Crippen LogP contribution in [0.5, 0.6) is 0 Å². The third kappa shape index (κ3) is 2.21.